The number of likely N-dealkylation sites (N-methyl/N-ethyl adjacent to an activating group) is 1. The van der Waals surface area contributed by atoms with E-state index in [0.29, 0.717) is 25.9 Å². The highest BCUT2D eigenvalue weighted by Crippen LogP contribution is 2.21. The molecule has 0 heterocycles. The molecule has 0 bridgehead atoms. The predicted octanol–water partition coefficient (Wildman–Crippen LogP) is 3.50. The van der Waals surface area contributed by atoms with Gasteiger partial charge in [-0.25, -0.2) is 17.2 Å². The topological polar surface area (TPSA) is 86.8 Å². The van der Waals surface area contributed by atoms with E-state index >= 15 is 0 Å². The van der Waals surface area contributed by atoms with Crippen molar-refractivity contribution in [3.8, 4) is 0 Å². The van der Waals surface area contributed by atoms with Crippen LogP contribution in [0, 0.1) is 11.6 Å². The summed E-state index contributed by atoms with van der Waals surface area (Å²) in [5.41, 5.74) is 1.01. The summed E-state index contributed by atoms with van der Waals surface area (Å²) in [5, 5.41) is 2.77. The summed E-state index contributed by atoms with van der Waals surface area (Å²) in [5.74, 6) is -2.76. The third kappa shape index (κ3) is 8.31. The second-order valence-electron chi connectivity index (χ2n) is 8.18. The van der Waals surface area contributed by atoms with E-state index in [9.17, 15) is 26.8 Å². The normalized spacial score (nSPS) is 12.1. The van der Waals surface area contributed by atoms with Crippen LogP contribution in [0.5, 0.6) is 0 Å². The van der Waals surface area contributed by atoms with Gasteiger partial charge >= 0.3 is 0 Å². The maximum absolute atomic E-state index is 13.7. The van der Waals surface area contributed by atoms with Crippen molar-refractivity contribution in [2.45, 2.75) is 45.6 Å². The van der Waals surface area contributed by atoms with Gasteiger partial charge in [0.15, 0.2) is 11.6 Å². The lowest BCUT2D eigenvalue weighted by Crippen LogP contribution is -2.50. The van der Waals surface area contributed by atoms with Crippen LogP contribution in [0.1, 0.15) is 38.7 Å². The van der Waals surface area contributed by atoms with Gasteiger partial charge in [0.1, 0.15) is 6.04 Å². The van der Waals surface area contributed by atoms with E-state index in [4.69, 9.17) is 0 Å². The Morgan fingerprint density at radius 3 is 2.26 bits per heavy atom. The summed E-state index contributed by atoms with van der Waals surface area (Å²) >= 11 is 0. The van der Waals surface area contributed by atoms with Crippen LogP contribution in [0.25, 0.3) is 0 Å². The van der Waals surface area contributed by atoms with Crippen molar-refractivity contribution in [3.63, 3.8) is 0 Å². The van der Waals surface area contributed by atoms with Crippen LogP contribution in [0.15, 0.2) is 48.5 Å². The Morgan fingerprint density at radius 2 is 1.69 bits per heavy atom. The Hall–Kier alpha value is -3.01. The molecule has 0 fully saturated rings. The van der Waals surface area contributed by atoms with E-state index in [1.165, 1.54) is 6.07 Å². The Bertz CT molecular complexity index is 1100. The van der Waals surface area contributed by atoms with Gasteiger partial charge in [-0.3, -0.25) is 13.9 Å². The first-order valence-electron chi connectivity index (χ1n) is 11.6. The van der Waals surface area contributed by atoms with Gasteiger partial charge in [0, 0.05) is 32.1 Å². The molecule has 0 aliphatic rings. The molecule has 192 valence electrons. The highest BCUT2D eigenvalue weighted by molar-refractivity contribution is 7.92. The quantitative estimate of drug-likeness (QED) is 0.448. The smallest absolute Gasteiger partial charge is 0.242 e. The third-order valence-electron chi connectivity index (χ3n) is 5.56. The number of rotatable bonds is 13. The van der Waals surface area contributed by atoms with Gasteiger partial charge in [0.2, 0.25) is 21.8 Å². The molecule has 10 heteroatoms. The first-order chi connectivity index (χ1) is 16.6. The first-order valence-corrected chi connectivity index (χ1v) is 13.5. The van der Waals surface area contributed by atoms with Crippen LogP contribution in [0.3, 0.4) is 0 Å². The molecular weight excluding hydrogens is 476 g/mol. The number of hydrogen-bond donors (Lipinski definition) is 1. The molecule has 0 radical (unpaired) electrons. The van der Waals surface area contributed by atoms with Gasteiger partial charge < -0.3 is 10.2 Å². The second-order valence-corrected chi connectivity index (χ2v) is 10.1. The molecule has 0 saturated heterocycles. The van der Waals surface area contributed by atoms with Crippen molar-refractivity contribution in [3.05, 3.63) is 65.7 Å². The van der Waals surface area contributed by atoms with E-state index in [0.717, 1.165) is 28.3 Å². The summed E-state index contributed by atoms with van der Waals surface area (Å²) in [6.45, 7) is 4.31. The van der Waals surface area contributed by atoms with Gasteiger partial charge in [0.25, 0.3) is 0 Å². The second kappa shape index (κ2) is 13.2. The molecule has 2 aromatic rings. The molecular formula is C25H33F2N3O4S. The van der Waals surface area contributed by atoms with Crippen molar-refractivity contribution in [2.75, 3.05) is 30.2 Å². The van der Waals surface area contributed by atoms with Crippen LogP contribution in [-0.2, 0) is 26.0 Å². The van der Waals surface area contributed by atoms with Gasteiger partial charge in [0.05, 0.1) is 11.9 Å². The lowest BCUT2D eigenvalue weighted by atomic mass is 10.1. The number of anilines is 1. The highest BCUT2D eigenvalue weighted by atomic mass is 32.2. The zero-order chi connectivity index (χ0) is 26.0. The largest absolute Gasteiger partial charge is 0.355 e. The molecule has 1 N–H and O–H groups in total. The van der Waals surface area contributed by atoms with Crippen LogP contribution in [-0.4, -0.2) is 57.1 Å². The average Bonchev–Trinajstić information content (AvgIpc) is 2.81. The molecule has 0 aliphatic heterocycles. The lowest BCUT2D eigenvalue weighted by molar-refractivity contribution is -0.140. The van der Waals surface area contributed by atoms with E-state index < -0.39 is 27.7 Å². The Labute approximate surface area is 206 Å². The Kier molecular flexibility index (Phi) is 10.6. The summed E-state index contributed by atoms with van der Waals surface area (Å²) in [6.07, 6.45) is 2.08. The van der Waals surface area contributed by atoms with Crippen LogP contribution in [0.2, 0.25) is 0 Å². The Balaban J connectivity index is 2.15. The molecule has 0 aliphatic carbocycles. The van der Waals surface area contributed by atoms with Crippen LogP contribution < -0.4 is 9.62 Å². The zero-order valence-electron chi connectivity index (χ0n) is 20.3. The van der Waals surface area contributed by atoms with Crippen LogP contribution in [0.4, 0.5) is 14.5 Å². The minimum atomic E-state index is -3.80. The van der Waals surface area contributed by atoms with E-state index in [2.05, 4.69) is 5.32 Å². The van der Waals surface area contributed by atoms with E-state index in [1.54, 1.807) is 11.8 Å². The fraction of sp³-hybridized carbons (Fsp3) is 0.440. The minimum Gasteiger partial charge on any atom is -0.355 e. The molecule has 1 unspecified atom stereocenters. The molecule has 35 heavy (non-hydrogen) atoms. The number of nitrogens with zero attached hydrogens (tertiary/aromatic N) is 2. The molecule has 1 atom stereocenters. The SMILES string of the molecule is CCNC(=O)C(CC)N(CCc1ccccc1)C(=O)CCCN(c1ccc(F)c(F)c1)S(C)(=O)=O. The summed E-state index contributed by atoms with van der Waals surface area (Å²) in [4.78, 5) is 27.4. The fourth-order valence-corrected chi connectivity index (χ4v) is 4.79. The number of hydrogen-bond acceptors (Lipinski definition) is 4. The fourth-order valence-electron chi connectivity index (χ4n) is 3.83. The zero-order valence-corrected chi connectivity index (χ0v) is 21.2. The monoisotopic (exact) mass is 509 g/mol. The Morgan fingerprint density at radius 1 is 1.00 bits per heavy atom. The summed E-state index contributed by atoms with van der Waals surface area (Å²) < 4.78 is 52.5. The van der Waals surface area contributed by atoms with Crippen LogP contribution >= 0.6 is 0 Å². The minimum absolute atomic E-state index is 0.0135. The van der Waals surface area contributed by atoms with Crippen molar-refractivity contribution >= 4 is 27.5 Å². The van der Waals surface area contributed by atoms with Gasteiger partial charge in [-0.05, 0) is 43.9 Å². The van der Waals surface area contributed by atoms with Crippen molar-refractivity contribution in [1.29, 1.82) is 0 Å². The molecule has 2 aromatic carbocycles. The molecule has 2 rings (SSSR count). The lowest BCUT2D eigenvalue weighted by Gasteiger charge is -2.31. The highest BCUT2D eigenvalue weighted by Gasteiger charge is 2.28. The van der Waals surface area contributed by atoms with E-state index in [-0.39, 0.29) is 36.9 Å². The third-order valence-corrected chi connectivity index (χ3v) is 6.76. The number of nitrogens with one attached hydrogen (secondary N) is 1. The van der Waals surface area contributed by atoms with Gasteiger partial charge in [-0.2, -0.15) is 0 Å². The standard InChI is InChI=1S/C25H33F2N3O4S/c1-4-23(25(32)28-5-2)29(17-15-19-10-7-6-8-11-19)24(31)12-9-16-30(35(3,33)34)20-13-14-21(26)22(27)18-20/h6-8,10-11,13-14,18,23H,4-5,9,12,15-17H2,1-3H3,(H,28,32). The maximum Gasteiger partial charge on any atom is 0.242 e. The first kappa shape index (κ1) is 28.2. The number of amides is 2. The average molecular weight is 510 g/mol. The molecule has 0 aromatic heterocycles. The summed E-state index contributed by atoms with van der Waals surface area (Å²) in [7, 11) is -3.80. The molecule has 0 spiro atoms. The van der Waals surface area contributed by atoms with Crippen molar-refractivity contribution < 1.29 is 26.8 Å². The summed E-state index contributed by atoms with van der Waals surface area (Å²) in [6, 6.07) is 11.8. The number of carbonyl (C=O) groups excluding carboxylic acids is 2. The van der Waals surface area contributed by atoms with E-state index in [1.807, 2.05) is 37.3 Å². The number of halogens is 2. The molecule has 2 amide bonds. The van der Waals surface area contributed by atoms with Gasteiger partial charge in [-0.15, -0.1) is 0 Å². The number of carbonyl (C=O) groups is 2. The van der Waals surface area contributed by atoms with Crippen molar-refractivity contribution in [2.24, 2.45) is 0 Å². The molecule has 0 saturated carbocycles. The maximum atomic E-state index is 13.7. The molecule has 7 nitrogen and oxygen atoms in total. The predicted molar refractivity (Wildman–Crippen MR) is 132 cm³/mol. The van der Waals surface area contributed by atoms with Gasteiger partial charge in [-0.1, -0.05) is 37.3 Å². The number of benzene rings is 2. The van der Waals surface area contributed by atoms with Crippen molar-refractivity contribution in [1.82, 2.24) is 10.2 Å². The number of sulfonamides is 1.